The van der Waals surface area contributed by atoms with E-state index in [0.717, 1.165) is 37.9 Å². The monoisotopic (exact) mass is 238 g/mol. The molecule has 1 saturated heterocycles. The first-order valence-electron chi connectivity index (χ1n) is 6.27. The maximum absolute atomic E-state index is 5.90. The van der Waals surface area contributed by atoms with Gasteiger partial charge in [0.05, 0.1) is 18.4 Å². The van der Waals surface area contributed by atoms with Crippen LogP contribution in [0.2, 0.25) is 0 Å². The Bertz CT molecular complexity index is 375. The van der Waals surface area contributed by atoms with Gasteiger partial charge in [-0.05, 0) is 20.8 Å². The van der Waals surface area contributed by atoms with Gasteiger partial charge in [-0.3, -0.25) is 0 Å². The minimum Gasteiger partial charge on any atom is -0.373 e. The first-order valence-corrected chi connectivity index (χ1v) is 6.27. The van der Waals surface area contributed by atoms with Gasteiger partial charge < -0.3 is 19.9 Å². The molecule has 2 heterocycles. The Morgan fingerprint density at radius 2 is 2.41 bits per heavy atom. The standard InChI is InChI=1S/C12H22N4O/c1-4-15-7-9(2)14-12(15)16-5-6-17-11(8-16)10(3)13/h7,10-11H,4-6,8,13H2,1-3H3. The molecule has 1 aromatic heterocycles. The molecule has 2 rings (SSSR count). The molecule has 2 N–H and O–H groups in total. The highest BCUT2D eigenvalue weighted by molar-refractivity contribution is 5.34. The highest BCUT2D eigenvalue weighted by Gasteiger charge is 2.25. The Hall–Kier alpha value is -1.07. The molecule has 17 heavy (non-hydrogen) atoms. The number of nitrogens with zero attached hydrogens (tertiary/aromatic N) is 3. The zero-order valence-electron chi connectivity index (χ0n) is 10.9. The molecule has 2 unspecified atom stereocenters. The molecule has 1 fully saturated rings. The highest BCUT2D eigenvalue weighted by Crippen LogP contribution is 2.18. The lowest BCUT2D eigenvalue weighted by molar-refractivity contribution is 0.0269. The zero-order valence-corrected chi connectivity index (χ0v) is 10.9. The van der Waals surface area contributed by atoms with E-state index < -0.39 is 0 Å². The van der Waals surface area contributed by atoms with E-state index in [-0.39, 0.29) is 12.1 Å². The lowest BCUT2D eigenvalue weighted by atomic mass is 10.1. The van der Waals surface area contributed by atoms with Crippen molar-refractivity contribution >= 4 is 5.95 Å². The molecule has 5 heteroatoms. The fourth-order valence-corrected chi connectivity index (χ4v) is 2.19. The molecule has 2 atom stereocenters. The average Bonchev–Trinajstić information content (AvgIpc) is 2.70. The summed E-state index contributed by atoms with van der Waals surface area (Å²) >= 11 is 0. The van der Waals surface area contributed by atoms with E-state index in [9.17, 15) is 0 Å². The van der Waals surface area contributed by atoms with E-state index in [4.69, 9.17) is 10.5 Å². The minimum absolute atomic E-state index is 0.0592. The van der Waals surface area contributed by atoms with Crippen molar-refractivity contribution in [1.29, 1.82) is 0 Å². The van der Waals surface area contributed by atoms with Crippen LogP contribution in [0.25, 0.3) is 0 Å². The van der Waals surface area contributed by atoms with Crippen LogP contribution in [0, 0.1) is 6.92 Å². The van der Waals surface area contributed by atoms with E-state index in [2.05, 4.69) is 27.6 Å². The molecule has 0 radical (unpaired) electrons. The summed E-state index contributed by atoms with van der Waals surface area (Å²) in [5, 5.41) is 0. The second-order valence-electron chi connectivity index (χ2n) is 4.68. The van der Waals surface area contributed by atoms with Crippen LogP contribution < -0.4 is 10.6 Å². The van der Waals surface area contributed by atoms with Crippen LogP contribution >= 0.6 is 0 Å². The number of imidazole rings is 1. The predicted molar refractivity (Wildman–Crippen MR) is 68.2 cm³/mol. The third kappa shape index (κ3) is 2.61. The molecular formula is C12H22N4O. The quantitative estimate of drug-likeness (QED) is 0.845. The van der Waals surface area contributed by atoms with Crippen LogP contribution in [0.1, 0.15) is 19.5 Å². The Balaban J connectivity index is 2.15. The van der Waals surface area contributed by atoms with Gasteiger partial charge in [0.1, 0.15) is 0 Å². The molecule has 0 spiro atoms. The summed E-state index contributed by atoms with van der Waals surface area (Å²) < 4.78 is 7.85. The van der Waals surface area contributed by atoms with Crippen molar-refractivity contribution in [2.45, 2.75) is 39.5 Å². The Morgan fingerprint density at radius 3 is 3.06 bits per heavy atom. The Kier molecular flexibility index (Phi) is 3.69. The van der Waals surface area contributed by atoms with Crippen LogP contribution in [0.4, 0.5) is 5.95 Å². The summed E-state index contributed by atoms with van der Waals surface area (Å²) in [5.41, 5.74) is 6.97. The third-order valence-corrected chi connectivity index (χ3v) is 3.18. The number of rotatable bonds is 3. The van der Waals surface area contributed by atoms with Crippen LogP contribution in [-0.2, 0) is 11.3 Å². The number of morpholine rings is 1. The summed E-state index contributed by atoms with van der Waals surface area (Å²) in [6, 6.07) is 0.0592. The normalized spacial score (nSPS) is 22.8. The number of ether oxygens (including phenoxy) is 1. The lowest BCUT2D eigenvalue weighted by Crippen LogP contribution is -2.50. The molecule has 0 bridgehead atoms. The van der Waals surface area contributed by atoms with E-state index in [1.165, 1.54) is 0 Å². The highest BCUT2D eigenvalue weighted by atomic mass is 16.5. The lowest BCUT2D eigenvalue weighted by Gasteiger charge is -2.35. The predicted octanol–water partition coefficient (Wildman–Crippen LogP) is 0.764. The Labute approximate surface area is 103 Å². The molecule has 0 aromatic carbocycles. The summed E-state index contributed by atoms with van der Waals surface area (Å²) in [5.74, 6) is 1.04. The molecule has 1 aliphatic heterocycles. The number of hydrogen-bond donors (Lipinski definition) is 1. The van der Waals surface area contributed by atoms with Crippen LogP contribution in [0.3, 0.4) is 0 Å². The maximum atomic E-state index is 5.90. The van der Waals surface area contributed by atoms with Crippen molar-refractivity contribution in [2.24, 2.45) is 5.73 Å². The van der Waals surface area contributed by atoms with Gasteiger partial charge in [0.2, 0.25) is 5.95 Å². The van der Waals surface area contributed by atoms with Crippen LogP contribution in [-0.4, -0.2) is 41.4 Å². The largest absolute Gasteiger partial charge is 0.373 e. The summed E-state index contributed by atoms with van der Waals surface area (Å²) in [6.45, 7) is 9.53. The van der Waals surface area contributed by atoms with Crippen molar-refractivity contribution in [2.75, 3.05) is 24.6 Å². The van der Waals surface area contributed by atoms with Crippen molar-refractivity contribution in [3.63, 3.8) is 0 Å². The van der Waals surface area contributed by atoms with Crippen LogP contribution in [0.5, 0.6) is 0 Å². The Morgan fingerprint density at radius 1 is 1.65 bits per heavy atom. The molecule has 0 saturated carbocycles. The van der Waals surface area contributed by atoms with Crippen molar-refractivity contribution in [3.05, 3.63) is 11.9 Å². The number of nitrogens with two attached hydrogens (primary N) is 1. The van der Waals surface area contributed by atoms with E-state index in [0.29, 0.717) is 0 Å². The van der Waals surface area contributed by atoms with Gasteiger partial charge in [-0.1, -0.05) is 0 Å². The summed E-state index contributed by atoms with van der Waals surface area (Å²) in [7, 11) is 0. The molecular weight excluding hydrogens is 216 g/mol. The number of hydrogen-bond acceptors (Lipinski definition) is 4. The molecule has 1 aromatic rings. The van der Waals surface area contributed by atoms with Crippen molar-refractivity contribution < 1.29 is 4.74 Å². The van der Waals surface area contributed by atoms with E-state index in [1.807, 2.05) is 13.8 Å². The first-order chi connectivity index (χ1) is 8.11. The summed E-state index contributed by atoms with van der Waals surface area (Å²) in [6.07, 6.45) is 2.19. The topological polar surface area (TPSA) is 56.3 Å². The molecule has 96 valence electrons. The number of aromatic nitrogens is 2. The van der Waals surface area contributed by atoms with E-state index in [1.54, 1.807) is 0 Å². The van der Waals surface area contributed by atoms with Gasteiger partial charge in [-0.2, -0.15) is 0 Å². The minimum atomic E-state index is 0.0592. The fourth-order valence-electron chi connectivity index (χ4n) is 2.19. The van der Waals surface area contributed by atoms with Crippen molar-refractivity contribution in [3.8, 4) is 0 Å². The molecule has 5 nitrogen and oxygen atoms in total. The first kappa shape index (κ1) is 12.4. The van der Waals surface area contributed by atoms with Gasteiger partial charge in [0, 0.05) is 31.9 Å². The molecule has 0 amide bonds. The number of anilines is 1. The van der Waals surface area contributed by atoms with Crippen LogP contribution in [0.15, 0.2) is 6.20 Å². The second kappa shape index (κ2) is 5.06. The average molecular weight is 238 g/mol. The zero-order chi connectivity index (χ0) is 12.4. The molecule has 1 aliphatic rings. The van der Waals surface area contributed by atoms with E-state index >= 15 is 0 Å². The van der Waals surface area contributed by atoms with Gasteiger partial charge in [0.15, 0.2) is 0 Å². The third-order valence-electron chi connectivity index (χ3n) is 3.18. The van der Waals surface area contributed by atoms with Crippen molar-refractivity contribution in [1.82, 2.24) is 9.55 Å². The second-order valence-corrected chi connectivity index (χ2v) is 4.68. The fraction of sp³-hybridized carbons (Fsp3) is 0.750. The SMILES string of the molecule is CCn1cc(C)nc1N1CCOC(C(C)N)C1. The number of aryl methyl sites for hydroxylation is 2. The van der Waals surface area contributed by atoms with Gasteiger partial charge in [0.25, 0.3) is 0 Å². The van der Waals surface area contributed by atoms with Gasteiger partial charge >= 0.3 is 0 Å². The van der Waals surface area contributed by atoms with Gasteiger partial charge in [-0.15, -0.1) is 0 Å². The maximum Gasteiger partial charge on any atom is 0.205 e. The smallest absolute Gasteiger partial charge is 0.205 e. The molecule has 0 aliphatic carbocycles. The van der Waals surface area contributed by atoms with Gasteiger partial charge in [-0.25, -0.2) is 4.98 Å². The summed E-state index contributed by atoms with van der Waals surface area (Å²) in [4.78, 5) is 6.86.